The first-order valence-electron chi connectivity index (χ1n) is 6.90. The number of carboxylic acid groups (broad SMARTS) is 1. The van der Waals surface area contributed by atoms with Gasteiger partial charge in [0.1, 0.15) is 18.2 Å². The summed E-state index contributed by atoms with van der Waals surface area (Å²) in [5.41, 5.74) is -0.586. The highest BCUT2D eigenvalue weighted by Gasteiger charge is 2.38. The number of aliphatic carboxylic acids is 1. The molecule has 22 heavy (non-hydrogen) atoms. The summed E-state index contributed by atoms with van der Waals surface area (Å²) in [7, 11) is 0. The van der Waals surface area contributed by atoms with Crippen molar-refractivity contribution in [1.29, 1.82) is 0 Å². The zero-order chi connectivity index (χ0) is 16.9. The summed E-state index contributed by atoms with van der Waals surface area (Å²) in [5.74, 6) is -1.82. The Morgan fingerprint density at radius 3 is 2.55 bits per heavy atom. The largest absolute Gasteiger partial charge is 0.480 e. The number of hydrogen-bond acceptors (Lipinski definition) is 5. The molecule has 4 amide bonds. The minimum Gasteiger partial charge on any atom is -0.480 e. The first-order valence-corrected chi connectivity index (χ1v) is 6.90. The van der Waals surface area contributed by atoms with Gasteiger partial charge in [-0.15, -0.1) is 0 Å². The lowest BCUT2D eigenvalue weighted by atomic mass is 10.1. The molecule has 1 atom stereocenters. The van der Waals surface area contributed by atoms with Crippen LogP contribution >= 0.6 is 0 Å². The van der Waals surface area contributed by atoms with Crippen LogP contribution in [-0.2, 0) is 14.3 Å². The van der Waals surface area contributed by atoms with E-state index < -0.39 is 42.2 Å². The average molecular weight is 315 g/mol. The molecule has 0 bridgehead atoms. The predicted molar refractivity (Wildman–Crippen MR) is 75.1 cm³/mol. The van der Waals surface area contributed by atoms with Gasteiger partial charge in [0.15, 0.2) is 0 Å². The first kappa shape index (κ1) is 17.7. The summed E-state index contributed by atoms with van der Waals surface area (Å²) in [4.78, 5) is 45.9. The van der Waals surface area contributed by atoms with Gasteiger partial charge in [-0.05, 0) is 33.6 Å². The molecule has 0 radical (unpaired) electrons. The molecule has 0 saturated carbocycles. The number of hydrogen-bond donors (Lipinski definition) is 3. The Balaban J connectivity index is 2.31. The van der Waals surface area contributed by atoms with Crippen molar-refractivity contribution in [2.75, 3.05) is 13.1 Å². The molecule has 1 aliphatic rings. The van der Waals surface area contributed by atoms with E-state index in [1.165, 1.54) is 0 Å². The highest BCUT2D eigenvalue weighted by atomic mass is 16.6. The van der Waals surface area contributed by atoms with E-state index in [9.17, 15) is 19.2 Å². The van der Waals surface area contributed by atoms with Gasteiger partial charge in [0.05, 0.1) is 0 Å². The lowest BCUT2D eigenvalue weighted by Crippen LogP contribution is -2.36. The van der Waals surface area contributed by atoms with E-state index >= 15 is 0 Å². The summed E-state index contributed by atoms with van der Waals surface area (Å²) < 4.78 is 5.05. The van der Waals surface area contributed by atoms with E-state index in [4.69, 9.17) is 9.84 Å². The molecule has 1 heterocycles. The molecule has 1 saturated heterocycles. The van der Waals surface area contributed by atoms with Gasteiger partial charge in [0.25, 0.3) is 5.91 Å². The molecule has 1 rings (SSSR count). The number of alkyl carbamates (subject to hydrolysis) is 1. The molecule has 1 unspecified atom stereocenters. The van der Waals surface area contributed by atoms with Gasteiger partial charge in [0, 0.05) is 6.54 Å². The molecule has 124 valence electrons. The monoisotopic (exact) mass is 315 g/mol. The van der Waals surface area contributed by atoms with Crippen molar-refractivity contribution in [2.24, 2.45) is 0 Å². The van der Waals surface area contributed by atoms with Crippen LogP contribution < -0.4 is 10.6 Å². The third-order valence-electron chi connectivity index (χ3n) is 2.74. The lowest BCUT2D eigenvalue weighted by Gasteiger charge is -2.19. The number of carbonyl (C=O) groups excluding carboxylic acids is 3. The number of carbonyl (C=O) groups is 4. The van der Waals surface area contributed by atoms with Crippen molar-refractivity contribution in [2.45, 2.75) is 45.3 Å². The molecule has 0 aromatic heterocycles. The maximum absolute atomic E-state index is 11.8. The van der Waals surface area contributed by atoms with E-state index in [0.717, 1.165) is 0 Å². The fourth-order valence-corrected chi connectivity index (χ4v) is 1.87. The SMILES string of the molecule is CC(C)(C)OC(=O)NCCCC1NC(=O)N(CC(=O)O)C1=O. The van der Waals surface area contributed by atoms with Gasteiger partial charge < -0.3 is 20.5 Å². The van der Waals surface area contributed by atoms with E-state index in [2.05, 4.69) is 10.6 Å². The minimum absolute atomic E-state index is 0.285. The zero-order valence-electron chi connectivity index (χ0n) is 12.8. The molecular weight excluding hydrogens is 294 g/mol. The highest BCUT2D eigenvalue weighted by Crippen LogP contribution is 2.11. The van der Waals surface area contributed by atoms with Gasteiger partial charge in [0.2, 0.25) is 0 Å². The van der Waals surface area contributed by atoms with Crippen LogP contribution in [0.15, 0.2) is 0 Å². The Bertz CT molecular complexity index is 471. The van der Waals surface area contributed by atoms with Crippen molar-refractivity contribution in [3.63, 3.8) is 0 Å². The van der Waals surface area contributed by atoms with Gasteiger partial charge in [-0.1, -0.05) is 0 Å². The lowest BCUT2D eigenvalue weighted by molar-refractivity contribution is -0.141. The minimum atomic E-state index is -1.25. The number of imide groups is 1. The van der Waals surface area contributed by atoms with Gasteiger partial charge in [-0.25, -0.2) is 9.59 Å². The summed E-state index contributed by atoms with van der Waals surface area (Å²) in [6.45, 7) is 4.87. The standard InChI is InChI=1S/C13H21N3O6/c1-13(2,3)22-12(21)14-6-4-5-8-10(19)16(7-9(17)18)11(20)15-8/h8H,4-7H2,1-3H3,(H,14,21)(H,15,20)(H,17,18). The van der Waals surface area contributed by atoms with Crippen molar-refractivity contribution < 1.29 is 29.0 Å². The Morgan fingerprint density at radius 2 is 2.00 bits per heavy atom. The van der Waals surface area contributed by atoms with Crippen LogP contribution in [0.4, 0.5) is 9.59 Å². The molecule has 0 spiro atoms. The van der Waals surface area contributed by atoms with Crippen LogP contribution in [0.1, 0.15) is 33.6 Å². The number of nitrogens with one attached hydrogen (secondary N) is 2. The zero-order valence-corrected chi connectivity index (χ0v) is 12.8. The maximum Gasteiger partial charge on any atom is 0.407 e. The van der Waals surface area contributed by atoms with Gasteiger partial charge in [-0.3, -0.25) is 14.5 Å². The number of ether oxygens (including phenoxy) is 1. The van der Waals surface area contributed by atoms with E-state index in [1.807, 2.05) is 0 Å². The van der Waals surface area contributed by atoms with Crippen LogP contribution in [0, 0.1) is 0 Å². The first-order chi connectivity index (χ1) is 10.1. The fraction of sp³-hybridized carbons (Fsp3) is 0.692. The van der Waals surface area contributed by atoms with Crippen LogP contribution in [0.3, 0.4) is 0 Å². The fourth-order valence-electron chi connectivity index (χ4n) is 1.87. The average Bonchev–Trinajstić information content (AvgIpc) is 2.60. The Hall–Kier alpha value is -2.32. The quantitative estimate of drug-likeness (QED) is 0.478. The molecule has 9 heteroatoms. The molecular formula is C13H21N3O6. The second-order valence-electron chi connectivity index (χ2n) is 5.89. The summed E-state index contributed by atoms with van der Waals surface area (Å²) in [6.07, 6.45) is 0.189. The molecule has 9 nitrogen and oxygen atoms in total. The van der Waals surface area contributed by atoms with E-state index in [-0.39, 0.29) is 6.54 Å². The topological polar surface area (TPSA) is 125 Å². The number of nitrogens with zero attached hydrogens (tertiary/aromatic N) is 1. The van der Waals surface area contributed by atoms with Crippen molar-refractivity contribution in [3.8, 4) is 0 Å². The van der Waals surface area contributed by atoms with E-state index in [1.54, 1.807) is 20.8 Å². The summed E-state index contributed by atoms with van der Waals surface area (Å²) in [6, 6.07) is -1.47. The molecule has 0 aromatic rings. The molecule has 1 fully saturated rings. The van der Waals surface area contributed by atoms with Gasteiger partial charge in [-0.2, -0.15) is 0 Å². The Kier molecular flexibility index (Phi) is 5.72. The third kappa shape index (κ3) is 5.58. The highest BCUT2D eigenvalue weighted by molar-refractivity contribution is 6.05. The molecule has 0 aromatic carbocycles. The van der Waals surface area contributed by atoms with Crippen LogP contribution in [0.25, 0.3) is 0 Å². The maximum atomic E-state index is 11.8. The number of amides is 4. The Labute approximate surface area is 128 Å². The smallest absolute Gasteiger partial charge is 0.407 e. The second-order valence-corrected chi connectivity index (χ2v) is 5.89. The van der Waals surface area contributed by atoms with Gasteiger partial charge >= 0.3 is 18.1 Å². The predicted octanol–water partition coefficient (Wildman–Crippen LogP) is 0.296. The number of rotatable bonds is 6. The van der Waals surface area contributed by atoms with Crippen molar-refractivity contribution >= 4 is 24.0 Å². The molecule has 1 aliphatic heterocycles. The van der Waals surface area contributed by atoms with Crippen LogP contribution in [-0.4, -0.2) is 58.7 Å². The second kappa shape index (κ2) is 7.10. The van der Waals surface area contributed by atoms with Crippen molar-refractivity contribution in [3.05, 3.63) is 0 Å². The third-order valence-corrected chi connectivity index (χ3v) is 2.74. The van der Waals surface area contributed by atoms with Crippen LogP contribution in [0.2, 0.25) is 0 Å². The number of urea groups is 1. The van der Waals surface area contributed by atoms with E-state index in [0.29, 0.717) is 17.7 Å². The van der Waals surface area contributed by atoms with Crippen molar-refractivity contribution in [1.82, 2.24) is 15.5 Å². The Morgan fingerprint density at radius 1 is 1.36 bits per heavy atom. The number of carboxylic acids is 1. The molecule has 0 aliphatic carbocycles. The normalized spacial score (nSPS) is 18.1. The van der Waals surface area contributed by atoms with Crippen LogP contribution in [0.5, 0.6) is 0 Å². The molecule has 3 N–H and O–H groups in total. The summed E-state index contributed by atoms with van der Waals surface area (Å²) >= 11 is 0. The summed E-state index contributed by atoms with van der Waals surface area (Å²) in [5, 5.41) is 13.6.